The molecular weight excluding hydrogens is 478 g/mol. The average Bonchev–Trinajstić information content (AvgIpc) is 2.87. The Kier molecular flexibility index (Phi) is 12.5. The Balaban J connectivity index is 2.10. The number of methoxy groups -OCH3 is 1. The lowest BCUT2D eigenvalue weighted by atomic mass is 10.1. The first-order valence-electron chi connectivity index (χ1n) is 12.2. The van der Waals surface area contributed by atoms with Crippen molar-refractivity contribution in [1.29, 1.82) is 0 Å². The summed E-state index contributed by atoms with van der Waals surface area (Å²) in [6.45, 7) is 6.94. The van der Waals surface area contributed by atoms with Gasteiger partial charge in [0, 0.05) is 0 Å². The number of aliphatic hydroxyl groups excluding tert-OH is 1. The molecule has 37 heavy (non-hydrogen) atoms. The van der Waals surface area contributed by atoms with Gasteiger partial charge in [-0.15, -0.1) is 0 Å². The highest BCUT2D eigenvalue weighted by atomic mass is 16.6. The molecule has 0 bridgehead atoms. The Hall–Kier alpha value is -2.98. The predicted molar refractivity (Wildman–Crippen MR) is 138 cm³/mol. The van der Waals surface area contributed by atoms with Gasteiger partial charge in [0.05, 0.1) is 39.6 Å². The second-order valence-electron chi connectivity index (χ2n) is 9.54. The molecule has 9 nitrogen and oxygen atoms in total. The number of amides is 1. The van der Waals surface area contributed by atoms with Gasteiger partial charge in [0.25, 0.3) is 0 Å². The highest BCUT2D eigenvalue weighted by molar-refractivity contribution is 5.81. The van der Waals surface area contributed by atoms with Crippen LogP contribution in [0.25, 0.3) is 0 Å². The maximum Gasteiger partial charge on any atom is 0.408 e. The first kappa shape index (κ1) is 30.2. The summed E-state index contributed by atoms with van der Waals surface area (Å²) in [5, 5.41) is 12.6. The van der Waals surface area contributed by atoms with Crippen LogP contribution in [0.1, 0.15) is 38.8 Å². The molecule has 204 valence electrons. The molecule has 0 radical (unpaired) electrons. The largest absolute Gasteiger partial charge is 0.467 e. The van der Waals surface area contributed by atoms with Crippen LogP contribution in [-0.2, 0) is 41.7 Å². The van der Waals surface area contributed by atoms with Crippen LogP contribution in [-0.4, -0.2) is 67.4 Å². The Bertz CT molecular complexity index is 932. The number of rotatable bonds is 14. The topological polar surface area (TPSA) is 113 Å². The number of esters is 1. The first-order valence-corrected chi connectivity index (χ1v) is 12.2. The monoisotopic (exact) mass is 517 g/mol. The molecule has 1 amide bonds. The van der Waals surface area contributed by atoms with Crippen molar-refractivity contribution in [1.82, 2.24) is 5.32 Å². The van der Waals surface area contributed by atoms with Crippen molar-refractivity contribution in [2.75, 3.05) is 20.3 Å². The maximum atomic E-state index is 12.3. The lowest BCUT2D eigenvalue weighted by molar-refractivity contribution is -0.161. The fraction of sp³-hybridized carbons (Fsp3) is 0.500. The second-order valence-corrected chi connectivity index (χ2v) is 9.54. The minimum Gasteiger partial charge on any atom is -0.467 e. The third-order valence-electron chi connectivity index (χ3n) is 5.30. The predicted octanol–water partition coefficient (Wildman–Crippen LogP) is 3.62. The molecule has 0 aliphatic carbocycles. The van der Waals surface area contributed by atoms with E-state index >= 15 is 0 Å². The van der Waals surface area contributed by atoms with Gasteiger partial charge in [-0.2, -0.15) is 0 Å². The minimum absolute atomic E-state index is 0.199. The number of aliphatic hydroxyl groups is 1. The molecule has 0 aromatic heterocycles. The number of carbonyl (C=O) groups excluding carboxylic acids is 2. The van der Waals surface area contributed by atoms with Crippen LogP contribution in [0.3, 0.4) is 0 Å². The van der Waals surface area contributed by atoms with E-state index in [0.29, 0.717) is 0 Å². The van der Waals surface area contributed by atoms with E-state index < -0.39 is 42.0 Å². The molecule has 2 aromatic carbocycles. The molecule has 1 unspecified atom stereocenters. The summed E-state index contributed by atoms with van der Waals surface area (Å²) >= 11 is 0. The van der Waals surface area contributed by atoms with Crippen LogP contribution in [0.15, 0.2) is 60.7 Å². The van der Waals surface area contributed by atoms with Crippen molar-refractivity contribution >= 4 is 12.1 Å². The zero-order chi connectivity index (χ0) is 27.3. The summed E-state index contributed by atoms with van der Waals surface area (Å²) in [5.41, 5.74) is 1.15. The third-order valence-corrected chi connectivity index (χ3v) is 5.30. The average molecular weight is 518 g/mol. The number of hydrogen-bond donors (Lipinski definition) is 2. The number of benzene rings is 2. The van der Waals surface area contributed by atoms with Gasteiger partial charge in [0.2, 0.25) is 0 Å². The van der Waals surface area contributed by atoms with E-state index in [1.807, 2.05) is 60.7 Å². The van der Waals surface area contributed by atoms with Gasteiger partial charge < -0.3 is 34.1 Å². The summed E-state index contributed by atoms with van der Waals surface area (Å²) in [6, 6.07) is 18.1. The molecule has 0 fully saturated rings. The number of nitrogens with one attached hydrogen (secondary N) is 1. The van der Waals surface area contributed by atoms with Gasteiger partial charge in [-0.25, -0.2) is 9.59 Å². The van der Waals surface area contributed by atoms with E-state index in [1.54, 1.807) is 27.7 Å². The van der Waals surface area contributed by atoms with Crippen molar-refractivity contribution in [3.63, 3.8) is 0 Å². The normalized spacial score (nSPS) is 14.8. The third kappa shape index (κ3) is 11.3. The standard InChI is InChI=1S/C28H39NO8/c1-20(34-19-23(26(31)33-5)29-27(32)37-28(2,3)4)25(36-18-22-14-10-7-11-15-22)24(16-30)35-17-21-12-8-6-9-13-21/h6-15,20,23-25,30H,16-19H2,1-5H3,(H,29,32)/t20-,23?,24-,25-/m0/s1. The van der Waals surface area contributed by atoms with Crippen molar-refractivity contribution in [3.05, 3.63) is 71.8 Å². The summed E-state index contributed by atoms with van der Waals surface area (Å²) < 4.78 is 28.2. The number of hydrogen-bond acceptors (Lipinski definition) is 8. The van der Waals surface area contributed by atoms with Gasteiger partial charge in [-0.1, -0.05) is 60.7 Å². The molecule has 9 heteroatoms. The highest BCUT2D eigenvalue weighted by Gasteiger charge is 2.32. The zero-order valence-electron chi connectivity index (χ0n) is 22.2. The van der Waals surface area contributed by atoms with Crippen LogP contribution >= 0.6 is 0 Å². The van der Waals surface area contributed by atoms with Crippen LogP contribution in [0.2, 0.25) is 0 Å². The Morgan fingerprint density at radius 2 is 1.43 bits per heavy atom. The van der Waals surface area contributed by atoms with Crippen molar-refractivity contribution in [2.24, 2.45) is 0 Å². The van der Waals surface area contributed by atoms with Crippen molar-refractivity contribution < 1.29 is 38.4 Å². The van der Waals surface area contributed by atoms with E-state index in [9.17, 15) is 14.7 Å². The van der Waals surface area contributed by atoms with Gasteiger partial charge in [0.1, 0.15) is 17.8 Å². The van der Waals surface area contributed by atoms with E-state index in [2.05, 4.69) is 5.32 Å². The molecule has 2 aromatic rings. The summed E-state index contributed by atoms with van der Waals surface area (Å²) in [4.78, 5) is 24.5. The first-order chi connectivity index (χ1) is 17.6. The Morgan fingerprint density at radius 1 is 0.892 bits per heavy atom. The smallest absolute Gasteiger partial charge is 0.408 e. The highest BCUT2D eigenvalue weighted by Crippen LogP contribution is 2.17. The van der Waals surface area contributed by atoms with Gasteiger partial charge in [-0.05, 0) is 38.8 Å². The molecule has 2 N–H and O–H groups in total. The van der Waals surface area contributed by atoms with E-state index in [-0.39, 0.29) is 26.4 Å². The molecule has 0 aliphatic rings. The van der Waals surface area contributed by atoms with E-state index in [4.69, 9.17) is 23.7 Å². The molecule has 0 aliphatic heterocycles. The Morgan fingerprint density at radius 3 is 1.92 bits per heavy atom. The molecule has 0 saturated heterocycles. The van der Waals surface area contributed by atoms with Crippen molar-refractivity contribution in [3.8, 4) is 0 Å². The van der Waals surface area contributed by atoms with Crippen LogP contribution in [0, 0.1) is 0 Å². The lowest BCUT2D eigenvalue weighted by Gasteiger charge is -2.32. The van der Waals surface area contributed by atoms with E-state index in [1.165, 1.54) is 7.11 Å². The van der Waals surface area contributed by atoms with Crippen molar-refractivity contribution in [2.45, 2.75) is 70.9 Å². The van der Waals surface area contributed by atoms with Gasteiger partial charge in [0.15, 0.2) is 6.04 Å². The quantitative estimate of drug-likeness (QED) is 0.366. The molecule has 4 atom stereocenters. The molecule has 0 saturated carbocycles. The molecule has 0 spiro atoms. The second kappa shape index (κ2) is 15.3. The number of carbonyl (C=O) groups is 2. The van der Waals surface area contributed by atoms with Gasteiger partial charge in [-0.3, -0.25) is 0 Å². The number of ether oxygens (including phenoxy) is 5. The fourth-order valence-corrected chi connectivity index (χ4v) is 3.44. The van der Waals surface area contributed by atoms with E-state index in [0.717, 1.165) is 11.1 Å². The SMILES string of the molecule is COC(=O)C(CO[C@@H](C)[C@H](OCc1ccccc1)[C@H](CO)OCc1ccccc1)NC(=O)OC(C)(C)C. The molecule has 0 heterocycles. The molecular formula is C28H39NO8. The van der Waals surface area contributed by atoms with Gasteiger partial charge >= 0.3 is 12.1 Å². The van der Waals surface area contributed by atoms with Crippen LogP contribution in [0.5, 0.6) is 0 Å². The Labute approximate surface area is 219 Å². The fourth-order valence-electron chi connectivity index (χ4n) is 3.44. The molecule has 2 rings (SSSR count). The summed E-state index contributed by atoms with van der Waals surface area (Å²) in [6.07, 6.45) is -2.79. The summed E-state index contributed by atoms with van der Waals surface area (Å²) in [5.74, 6) is -0.682. The van der Waals surface area contributed by atoms with Crippen LogP contribution < -0.4 is 5.32 Å². The zero-order valence-corrected chi connectivity index (χ0v) is 22.2. The number of alkyl carbamates (subject to hydrolysis) is 1. The minimum atomic E-state index is -1.10. The van der Waals surface area contributed by atoms with Crippen LogP contribution in [0.4, 0.5) is 4.79 Å². The summed E-state index contributed by atoms with van der Waals surface area (Å²) in [7, 11) is 1.22. The lowest BCUT2D eigenvalue weighted by Crippen LogP contribution is -2.49. The maximum absolute atomic E-state index is 12.3.